The van der Waals surface area contributed by atoms with Crippen LogP contribution in [0.15, 0.2) is 0 Å². The fourth-order valence-corrected chi connectivity index (χ4v) is 1.30. The van der Waals surface area contributed by atoms with Crippen LogP contribution in [0.3, 0.4) is 0 Å². The van der Waals surface area contributed by atoms with Crippen molar-refractivity contribution in [3.8, 4) is 0 Å². The van der Waals surface area contributed by atoms with Gasteiger partial charge >= 0.3 is 0 Å². The maximum Gasteiger partial charge on any atom is 0.255 e. The molecule has 1 rings (SSSR count). The number of ether oxygens (including phenoxy) is 1. The van der Waals surface area contributed by atoms with E-state index in [9.17, 15) is 4.57 Å². The van der Waals surface area contributed by atoms with Gasteiger partial charge in [-0.2, -0.15) is 0 Å². The molecule has 0 aliphatic carbocycles. The van der Waals surface area contributed by atoms with Gasteiger partial charge in [-0.05, 0) is 13.8 Å². The van der Waals surface area contributed by atoms with Gasteiger partial charge in [0.2, 0.25) is 0 Å². The number of hydrogen-bond donors (Lipinski definition) is 1. The van der Waals surface area contributed by atoms with E-state index < -0.39 is 12.7 Å². The monoisotopic (exact) mass is 136 g/mol. The van der Waals surface area contributed by atoms with E-state index in [1.807, 2.05) is 0 Å². The van der Waals surface area contributed by atoms with Crippen LogP contribution in [0.1, 0.15) is 13.8 Å². The van der Waals surface area contributed by atoms with Crippen LogP contribution < -0.4 is 0 Å². The van der Waals surface area contributed by atoms with Crippen LogP contribution in [0.2, 0.25) is 0 Å². The van der Waals surface area contributed by atoms with Crippen LogP contribution in [0.4, 0.5) is 0 Å². The SMILES string of the molecule is CC1(C)OCP1(=O)O. The van der Waals surface area contributed by atoms with Crippen molar-refractivity contribution in [2.45, 2.75) is 19.2 Å². The molecule has 0 radical (unpaired) electrons. The first-order valence-corrected chi connectivity index (χ1v) is 4.26. The summed E-state index contributed by atoms with van der Waals surface area (Å²) in [5, 5.41) is -0.771. The zero-order chi connectivity index (χ0) is 6.41. The van der Waals surface area contributed by atoms with Crippen LogP contribution in [-0.2, 0) is 9.30 Å². The summed E-state index contributed by atoms with van der Waals surface area (Å²) >= 11 is 0. The third kappa shape index (κ3) is 0.625. The minimum Gasteiger partial charge on any atom is -0.355 e. The van der Waals surface area contributed by atoms with E-state index in [2.05, 4.69) is 0 Å². The van der Waals surface area contributed by atoms with E-state index in [0.717, 1.165) is 0 Å². The van der Waals surface area contributed by atoms with E-state index >= 15 is 0 Å². The molecule has 0 aromatic heterocycles. The molecule has 1 unspecified atom stereocenters. The fourth-order valence-electron chi connectivity index (χ4n) is 0.433. The van der Waals surface area contributed by atoms with E-state index in [1.165, 1.54) is 0 Å². The predicted molar refractivity (Wildman–Crippen MR) is 29.9 cm³/mol. The van der Waals surface area contributed by atoms with Crippen molar-refractivity contribution in [2.75, 3.05) is 6.35 Å². The maximum atomic E-state index is 10.8. The second kappa shape index (κ2) is 1.35. The Morgan fingerprint density at radius 3 is 2.12 bits per heavy atom. The predicted octanol–water partition coefficient (Wildman–Crippen LogP) is 0.981. The van der Waals surface area contributed by atoms with Gasteiger partial charge in [-0.15, -0.1) is 0 Å². The number of rotatable bonds is 0. The van der Waals surface area contributed by atoms with Gasteiger partial charge in [-0.25, -0.2) is 0 Å². The largest absolute Gasteiger partial charge is 0.355 e. The van der Waals surface area contributed by atoms with Crippen molar-refractivity contribution in [2.24, 2.45) is 0 Å². The van der Waals surface area contributed by atoms with E-state index in [-0.39, 0.29) is 6.35 Å². The first kappa shape index (κ1) is 6.27. The van der Waals surface area contributed by atoms with Crippen molar-refractivity contribution in [3.63, 3.8) is 0 Å². The van der Waals surface area contributed by atoms with Gasteiger partial charge in [-0.1, -0.05) is 0 Å². The molecule has 48 valence electrons. The Bertz CT molecular complexity index is 151. The van der Waals surface area contributed by atoms with Crippen LogP contribution in [-0.4, -0.2) is 16.6 Å². The molecule has 3 nitrogen and oxygen atoms in total. The molecule has 1 aliphatic heterocycles. The maximum absolute atomic E-state index is 10.8. The van der Waals surface area contributed by atoms with Gasteiger partial charge in [0, 0.05) is 0 Å². The van der Waals surface area contributed by atoms with Gasteiger partial charge < -0.3 is 9.63 Å². The highest BCUT2D eigenvalue weighted by Crippen LogP contribution is 2.63. The Hall–Kier alpha value is 0.150. The summed E-state index contributed by atoms with van der Waals surface area (Å²) in [5.74, 6) is 0. The topological polar surface area (TPSA) is 46.5 Å². The lowest BCUT2D eigenvalue weighted by molar-refractivity contribution is 0.00867. The van der Waals surface area contributed by atoms with Crippen molar-refractivity contribution in [1.82, 2.24) is 0 Å². The number of hydrogen-bond acceptors (Lipinski definition) is 2. The minimum atomic E-state index is -2.89. The normalized spacial score (nSPS) is 43.4. The highest BCUT2D eigenvalue weighted by molar-refractivity contribution is 7.60. The van der Waals surface area contributed by atoms with Crippen molar-refractivity contribution >= 4 is 7.37 Å². The first-order chi connectivity index (χ1) is 3.46. The standard InChI is InChI=1S/C4H9O3P/c1-4(2)7-3-8(4,5)6/h3H2,1-2H3,(H,5,6). The summed E-state index contributed by atoms with van der Waals surface area (Å²) < 4.78 is 15.6. The summed E-state index contributed by atoms with van der Waals surface area (Å²) in [4.78, 5) is 8.87. The third-order valence-corrected chi connectivity index (χ3v) is 3.73. The fraction of sp³-hybridized carbons (Fsp3) is 1.00. The molecule has 1 heterocycles. The zero-order valence-corrected chi connectivity index (χ0v) is 5.81. The average Bonchev–Trinajstić information content (AvgIpc) is 1.64. The van der Waals surface area contributed by atoms with E-state index in [4.69, 9.17) is 9.63 Å². The molecule has 0 spiro atoms. The quantitative estimate of drug-likeness (QED) is 0.505. The van der Waals surface area contributed by atoms with Gasteiger partial charge in [-0.3, -0.25) is 4.57 Å². The lowest BCUT2D eigenvalue weighted by Gasteiger charge is -2.39. The lowest BCUT2D eigenvalue weighted by Crippen LogP contribution is -2.36. The van der Waals surface area contributed by atoms with Gasteiger partial charge in [0.1, 0.15) is 11.7 Å². The van der Waals surface area contributed by atoms with Crippen LogP contribution in [0, 0.1) is 0 Å². The highest BCUT2D eigenvalue weighted by Gasteiger charge is 2.49. The Balaban J connectivity index is 2.78. The molecular formula is C4H9O3P. The summed E-state index contributed by atoms with van der Waals surface area (Å²) in [6.07, 6.45) is 0.0278. The molecule has 1 aliphatic rings. The summed E-state index contributed by atoms with van der Waals surface area (Å²) in [6.45, 7) is 3.24. The Labute approximate surface area is 48.1 Å². The first-order valence-electron chi connectivity index (χ1n) is 2.42. The second-order valence-electron chi connectivity index (χ2n) is 2.42. The van der Waals surface area contributed by atoms with E-state index in [0.29, 0.717) is 0 Å². The molecule has 0 bridgehead atoms. The smallest absolute Gasteiger partial charge is 0.255 e. The lowest BCUT2D eigenvalue weighted by atomic mass is 10.5. The molecule has 8 heavy (non-hydrogen) atoms. The Kier molecular flexibility index (Phi) is 1.06. The molecule has 0 aromatic rings. The molecule has 1 N–H and O–H groups in total. The van der Waals surface area contributed by atoms with Gasteiger partial charge in [0.25, 0.3) is 7.37 Å². The molecule has 1 saturated heterocycles. The average molecular weight is 136 g/mol. The van der Waals surface area contributed by atoms with Crippen molar-refractivity contribution in [1.29, 1.82) is 0 Å². The van der Waals surface area contributed by atoms with Crippen LogP contribution in [0.25, 0.3) is 0 Å². The molecule has 1 fully saturated rings. The highest BCUT2D eigenvalue weighted by atomic mass is 31.2. The molecule has 4 heteroatoms. The summed E-state index contributed by atoms with van der Waals surface area (Å²) in [7, 11) is -2.89. The molecule has 1 atom stereocenters. The Morgan fingerprint density at radius 1 is 1.75 bits per heavy atom. The van der Waals surface area contributed by atoms with Crippen LogP contribution in [0.5, 0.6) is 0 Å². The molecule has 0 aromatic carbocycles. The third-order valence-electron chi connectivity index (χ3n) is 1.43. The van der Waals surface area contributed by atoms with Gasteiger partial charge in [0.05, 0.1) is 0 Å². The molecule has 0 saturated carbocycles. The summed E-state index contributed by atoms with van der Waals surface area (Å²) in [6, 6.07) is 0. The van der Waals surface area contributed by atoms with Crippen molar-refractivity contribution in [3.05, 3.63) is 0 Å². The molecular weight excluding hydrogens is 127 g/mol. The van der Waals surface area contributed by atoms with Crippen molar-refractivity contribution < 1.29 is 14.2 Å². The molecule has 0 amide bonds. The minimum absolute atomic E-state index is 0.0278. The van der Waals surface area contributed by atoms with Gasteiger partial charge in [0.15, 0.2) is 0 Å². The van der Waals surface area contributed by atoms with E-state index in [1.54, 1.807) is 13.8 Å². The second-order valence-corrected chi connectivity index (χ2v) is 5.16. The summed E-state index contributed by atoms with van der Waals surface area (Å²) in [5.41, 5.74) is 0. The zero-order valence-electron chi connectivity index (χ0n) is 4.92. The Morgan fingerprint density at radius 2 is 2.12 bits per heavy atom. The van der Waals surface area contributed by atoms with Crippen LogP contribution >= 0.6 is 7.37 Å².